The van der Waals surface area contributed by atoms with Gasteiger partial charge in [0, 0.05) is 26.2 Å². The van der Waals surface area contributed by atoms with Crippen LogP contribution < -0.4 is 0 Å². The normalized spacial score (nSPS) is 16.7. The second-order valence-electron chi connectivity index (χ2n) is 5.14. The van der Waals surface area contributed by atoms with E-state index in [1.54, 1.807) is 24.0 Å². The zero-order valence-corrected chi connectivity index (χ0v) is 12.0. The van der Waals surface area contributed by atoms with Crippen molar-refractivity contribution in [3.63, 3.8) is 0 Å². The summed E-state index contributed by atoms with van der Waals surface area (Å²) in [6.07, 6.45) is 0. The zero-order valence-electron chi connectivity index (χ0n) is 12.0. The fraction of sp³-hybridized carbons (Fsp3) is 0.467. The smallest absolute Gasteiger partial charge is 0.248 e. The van der Waals surface area contributed by atoms with Crippen LogP contribution in [0.2, 0.25) is 0 Å². The fourth-order valence-corrected chi connectivity index (χ4v) is 2.47. The number of aliphatic hydroxyl groups is 1. The molecular formula is C15H19FN2O3. The van der Waals surface area contributed by atoms with E-state index in [0.717, 1.165) is 0 Å². The Hall–Kier alpha value is -1.95. The van der Waals surface area contributed by atoms with Crippen LogP contribution in [0.25, 0.3) is 0 Å². The number of piperazine rings is 1. The van der Waals surface area contributed by atoms with Crippen molar-refractivity contribution in [3.05, 3.63) is 35.6 Å². The van der Waals surface area contributed by atoms with Crippen molar-refractivity contribution >= 4 is 11.8 Å². The van der Waals surface area contributed by atoms with E-state index in [1.807, 2.05) is 0 Å². The van der Waals surface area contributed by atoms with Gasteiger partial charge in [0.25, 0.3) is 0 Å². The Morgan fingerprint density at radius 2 is 1.86 bits per heavy atom. The largest absolute Gasteiger partial charge is 0.387 e. The Bertz CT molecular complexity index is 527. The Kier molecular flexibility index (Phi) is 4.90. The van der Waals surface area contributed by atoms with Crippen LogP contribution in [0.1, 0.15) is 18.4 Å². The molecule has 21 heavy (non-hydrogen) atoms. The van der Waals surface area contributed by atoms with E-state index >= 15 is 0 Å². The van der Waals surface area contributed by atoms with Gasteiger partial charge in [-0.3, -0.25) is 9.59 Å². The molecular weight excluding hydrogens is 275 g/mol. The van der Waals surface area contributed by atoms with Crippen molar-refractivity contribution in [2.24, 2.45) is 0 Å². The predicted molar refractivity (Wildman–Crippen MR) is 75.1 cm³/mol. The van der Waals surface area contributed by atoms with Crippen LogP contribution in [0.4, 0.5) is 4.39 Å². The highest BCUT2D eigenvalue weighted by Crippen LogP contribution is 2.19. The van der Waals surface area contributed by atoms with E-state index in [2.05, 4.69) is 0 Å². The number of nitrogens with zero attached hydrogens (tertiary/aromatic N) is 2. The first-order valence-corrected chi connectivity index (χ1v) is 6.96. The van der Waals surface area contributed by atoms with Crippen LogP contribution in [0.5, 0.6) is 0 Å². The third-order valence-electron chi connectivity index (χ3n) is 3.80. The first-order chi connectivity index (χ1) is 10.0. The number of hydrogen-bond donors (Lipinski definition) is 1. The highest BCUT2D eigenvalue weighted by molar-refractivity contribution is 5.84. The molecule has 1 saturated heterocycles. The van der Waals surface area contributed by atoms with E-state index in [-0.39, 0.29) is 17.6 Å². The molecule has 2 rings (SSSR count). The molecule has 0 saturated carbocycles. The molecule has 0 radical (unpaired) electrons. The molecule has 1 atom stereocenters. The number of amides is 2. The van der Waals surface area contributed by atoms with Crippen LogP contribution in [-0.4, -0.2) is 59.5 Å². The lowest BCUT2D eigenvalue weighted by Gasteiger charge is -2.35. The lowest BCUT2D eigenvalue weighted by atomic mass is 9.99. The molecule has 114 valence electrons. The van der Waals surface area contributed by atoms with Crippen LogP contribution in [-0.2, 0) is 9.59 Å². The number of halogens is 1. The monoisotopic (exact) mass is 294 g/mol. The first kappa shape index (κ1) is 15.4. The van der Waals surface area contributed by atoms with Gasteiger partial charge in [0.05, 0.1) is 5.92 Å². The van der Waals surface area contributed by atoms with Crippen LogP contribution >= 0.6 is 0 Å². The number of aliphatic hydroxyl groups excluding tert-OH is 1. The molecule has 1 aromatic carbocycles. The lowest BCUT2D eigenvalue weighted by molar-refractivity contribution is -0.141. The summed E-state index contributed by atoms with van der Waals surface area (Å²) in [6, 6.07) is 6.04. The molecule has 1 aliphatic heterocycles. The maximum absolute atomic E-state index is 13.2. The zero-order chi connectivity index (χ0) is 15.4. The summed E-state index contributed by atoms with van der Waals surface area (Å²) in [5.41, 5.74) is 0.647. The molecule has 6 heteroatoms. The second kappa shape index (κ2) is 6.67. The minimum atomic E-state index is -0.506. The number of carbonyl (C=O) groups excluding carboxylic acids is 2. The highest BCUT2D eigenvalue weighted by atomic mass is 19.1. The molecule has 1 aromatic rings. The number of hydrogen-bond acceptors (Lipinski definition) is 3. The Balaban J connectivity index is 1.97. The van der Waals surface area contributed by atoms with Gasteiger partial charge in [-0.15, -0.1) is 0 Å². The molecule has 0 spiro atoms. The fourth-order valence-electron chi connectivity index (χ4n) is 2.47. The third-order valence-corrected chi connectivity index (χ3v) is 3.80. The molecule has 1 fully saturated rings. The van der Waals surface area contributed by atoms with Gasteiger partial charge in [0.2, 0.25) is 11.8 Å². The van der Waals surface area contributed by atoms with Crippen molar-refractivity contribution in [2.75, 3.05) is 32.8 Å². The minimum Gasteiger partial charge on any atom is -0.387 e. The number of benzene rings is 1. The lowest BCUT2D eigenvalue weighted by Crippen LogP contribution is -2.52. The van der Waals surface area contributed by atoms with Crippen molar-refractivity contribution < 1.29 is 19.1 Å². The molecule has 5 nitrogen and oxygen atoms in total. The van der Waals surface area contributed by atoms with E-state index in [1.165, 1.54) is 17.0 Å². The molecule has 1 heterocycles. The van der Waals surface area contributed by atoms with E-state index < -0.39 is 12.5 Å². The molecule has 0 aromatic heterocycles. The summed E-state index contributed by atoms with van der Waals surface area (Å²) in [5, 5.41) is 8.82. The standard InChI is InChI=1S/C15H19FN2O3/c1-11(12-3-2-4-13(16)9-12)15(21)18-7-5-17(6-8-18)14(20)10-19/h2-4,9,11,19H,5-8,10H2,1H3. The van der Waals surface area contributed by atoms with Gasteiger partial charge in [0.1, 0.15) is 12.4 Å². The predicted octanol–water partition coefficient (Wildman–Crippen LogP) is 0.592. The average molecular weight is 294 g/mol. The van der Waals surface area contributed by atoms with Gasteiger partial charge in [-0.05, 0) is 24.6 Å². The molecule has 2 amide bonds. The average Bonchev–Trinajstić information content (AvgIpc) is 2.53. The van der Waals surface area contributed by atoms with Crippen molar-refractivity contribution in [3.8, 4) is 0 Å². The van der Waals surface area contributed by atoms with Gasteiger partial charge in [-0.25, -0.2) is 4.39 Å². The summed E-state index contributed by atoms with van der Waals surface area (Å²) in [4.78, 5) is 27.0. The van der Waals surface area contributed by atoms with Gasteiger partial charge in [-0.1, -0.05) is 12.1 Å². The highest BCUT2D eigenvalue weighted by Gasteiger charge is 2.27. The summed E-state index contributed by atoms with van der Waals surface area (Å²) in [5.74, 6) is -1.16. The number of rotatable bonds is 3. The van der Waals surface area contributed by atoms with Crippen molar-refractivity contribution in [2.45, 2.75) is 12.8 Å². The maximum Gasteiger partial charge on any atom is 0.248 e. The van der Waals surface area contributed by atoms with E-state index in [9.17, 15) is 14.0 Å². The van der Waals surface area contributed by atoms with E-state index in [0.29, 0.717) is 31.7 Å². The molecule has 0 bridgehead atoms. The van der Waals surface area contributed by atoms with Gasteiger partial charge in [0.15, 0.2) is 0 Å². The SMILES string of the molecule is CC(C(=O)N1CCN(C(=O)CO)CC1)c1cccc(F)c1. The second-order valence-corrected chi connectivity index (χ2v) is 5.14. The molecule has 1 N–H and O–H groups in total. The van der Waals surface area contributed by atoms with Crippen LogP contribution in [0, 0.1) is 5.82 Å². The summed E-state index contributed by atoms with van der Waals surface area (Å²) < 4.78 is 13.2. The summed E-state index contributed by atoms with van der Waals surface area (Å²) in [7, 11) is 0. The Morgan fingerprint density at radius 3 is 2.43 bits per heavy atom. The summed E-state index contributed by atoms with van der Waals surface area (Å²) >= 11 is 0. The number of carbonyl (C=O) groups is 2. The van der Waals surface area contributed by atoms with Crippen molar-refractivity contribution in [1.29, 1.82) is 0 Å². The molecule has 1 aliphatic rings. The van der Waals surface area contributed by atoms with Gasteiger partial charge < -0.3 is 14.9 Å². The van der Waals surface area contributed by atoms with Crippen molar-refractivity contribution in [1.82, 2.24) is 9.80 Å². The third kappa shape index (κ3) is 3.58. The quantitative estimate of drug-likeness (QED) is 0.887. The van der Waals surface area contributed by atoms with Crippen LogP contribution in [0.15, 0.2) is 24.3 Å². The summed E-state index contributed by atoms with van der Waals surface area (Å²) in [6.45, 7) is 2.95. The minimum absolute atomic E-state index is 0.0725. The van der Waals surface area contributed by atoms with E-state index in [4.69, 9.17) is 5.11 Å². The maximum atomic E-state index is 13.2. The molecule has 0 aliphatic carbocycles. The Labute approximate surface area is 123 Å². The van der Waals surface area contributed by atoms with Gasteiger partial charge in [-0.2, -0.15) is 0 Å². The Morgan fingerprint density at radius 1 is 1.24 bits per heavy atom. The molecule has 1 unspecified atom stereocenters. The first-order valence-electron chi connectivity index (χ1n) is 6.96. The van der Waals surface area contributed by atoms with Crippen LogP contribution in [0.3, 0.4) is 0 Å². The topological polar surface area (TPSA) is 60.9 Å². The van der Waals surface area contributed by atoms with Gasteiger partial charge >= 0.3 is 0 Å².